The first-order valence-corrected chi connectivity index (χ1v) is 11.7. The van der Waals surface area contributed by atoms with Crippen molar-refractivity contribution < 1.29 is 26.4 Å². The largest absolute Gasteiger partial charge is 0.416 e. The Bertz CT molecular complexity index is 1150. The van der Waals surface area contributed by atoms with E-state index >= 15 is 0 Å². The van der Waals surface area contributed by atoms with Crippen LogP contribution in [0.4, 0.5) is 13.2 Å². The van der Waals surface area contributed by atoms with Crippen LogP contribution in [0.1, 0.15) is 41.6 Å². The van der Waals surface area contributed by atoms with Crippen molar-refractivity contribution in [3.63, 3.8) is 0 Å². The second kappa shape index (κ2) is 8.36. The Balaban J connectivity index is 1.51. The average molecular weight is 469 g/mol. The van der Waals surface area contributed by atoms with E-state index in [9.17, 15) is 31.2 Å². The molecular weight excluding hydrogens is 447 g/mol. The predicted octanol–water partition coefficient (Wildman–Crippen LogP) is 2.85. The molecule has 11 heteroatoms. The van der Waals surface area contributed by atoms with Crippen LogP contribution in [0.3, 0.4) is 0 Å². The van der Waals surface area contributed by atoms with E-state index in [0.717, 1.165) is 12.1 Å². The van der Waals surface area contributed by atoms with Crippen LogP contribution >= 0.6 is 0 Å². The number of piperidine rings is 1. The number of sulfonamides is 1. The minimum absolute atomic E-state index is 0.235. The Labute approximate surface area is 182 Å². The third kappa shape index (κ3) is 4.58. The number of amides is 1. The van der Waals surface area contributed by atoms with Crippen molar-refractivity contribution in [1.82, 2.24) is 14.2 Å². The first kappa shape index (κ1) is 22.5. The molecule has 1 aromatic heterocycles. The molecule has 0 unspecified atom stereocenters. The van der Waals surface area contributed by atoms with Crippen LogP contribution in [0.15, 0.2) is 52.3 Å². The SMILES string of the molecule is O=C(c1ccc(=O)[nH]c1)N1CCC(N(C2CC2)S(=O)(=O)c2cccc(C(F)(F)F)c2)CC1. The smallest absolute Gasteiger partial charge is 0.338 e. The number of H-pyrrole nitrogens is 1. The van der Waals surface area contributed by atoms with Crippen LogP contribution in [-0.2, 0) is 16.2 Å². The van der Waals surface area contributed by atoms with Gasteiger partial charge in [-0.3, -0.25) is 9.59 Å². The summed E-state index contributed by atoms with van der Waals surface area (Å²) in [7, 11) is -4.12. The molecule has 1 saturated heterocycles. The van der Waals surface area contributed by atoms with Crippen molar-refractivity contribution in [1.29, 1.82) is 0 Å². The van der Waals surface area contributed by atoms with Gasteiger partial charge in [-0.2, -0.15) is 17.5 Å². The zero-order valence-corrected chi connectivity index (χ0v) is 17.8. The van der Waals surface area contributed by atoms with Crippen LogP contribution in [0, 0.1) is 0 Å². The third-order valence-electron chi connectivity index (χ3n) is 5.79. The summed E-state index contributed by atoms with van der Waals surface area (Å²) in [4.78, 5) is 27.5. The fourth-order valence-electron chi connectivity index (χ4n) is 4.02. The maximum Gasteiger partial charge on any atom is 0.416 e. The number of benzene rings is 1. The highest BCUT2D eigenvalue weighted by Crippen LogP contribution is 2.38. The molecule has 0 bridgehead atoms. The number of hydrogen-bond acceptors (Lipinski definition) is 4. The predicted molar refractivity (Wildman–Crippen MR) is 109 cm³/mol. The maximum absolute atomic E-state index is 13.3. The van der Waals surface area contributed by atoms with E-state index in [4.69, 9.17) is 0 Å². The molecule has 0 atom stereocenters. The molecule has 1 saturated carbocycles. The second-order valence-corrected chi connectivity index (χ2v) is 9.90. The highest BCUT2D eigenvalue weighted by atomic mass is 32.2. The van der Waals surface area contributed by atoms with Gasteiger partial charge >= 0.3 is 6.18 Å². The number of likely N-dealkylation sites (tertiary alicyclic amines) is 1. The van der Waals surface area contributed by atoms with Gasteiger partial charge in [-0.1, -0.05) is 6.07 Å². The third-order valence-corrected chi connectivity index (χ3v) is 7.79. The van der Waals surface area contributed by atoms with Crippen molar-refractivity contribution in [2.75, 3.05) is 13.1 Å². The van der Waals surface area contributed by atoms with Gasteiger partial charge in [-0.15, -0.1) is 0 Å². The molecule has 2 aromatic rings. The van der Waals surface area contributed by atoms with Crippen molar-refractivity contribution >= 4 is 15.9 Å². The van der Waals surface area contributed by atoms with Crippen molar-refractivity contribution in [2.45, 2.75) is 48.8 Å². The summed E-state index contributed by atoms with van der Waals surface area (Å²) < 4.78 is 67.3. The number of pyridine rings is 1. The molecule has 1 aromatic carbocycles. The van der Waals surface area contributed by atoms with Gasteiger partial charge in [0.05, 0.1) is 16.0 Å². The summed E-state index contributed by atoms with van der Waals surface area (Å²) in [6.45, 7) is 0.619. The number of halogens is 3. The number of nitrogens with zero attached hydrogens (tertiary/aromatic N) is 2. The van der Waals surface area contributed by atoms with Gasteiger partial charge in [-0.05, 0) is 49.9 Å². The lowest BCUT2D eigenvalue weighted by Crippen LogP contribution is -2.49. The summed E-state index contributed by atoms with van der Waals surface area (Å²) in [6, 6.07) is 5.88. The molecule has 1 aliphatic carbocycles. The summed E-state index contributed by atoms with van der Waals surface area (Å²) in [5, 5.41) is 0. The number of nitrogens with one attached hydrogen (secondary N) is 1. The topological polar surface area (TPSA) is 90.6 Å². The lowest BCUT2D eigenvalue weighted by atomic mass is 10.0. The first-order valence-electron chi connectivity index (χ1n) is 10.3. The molecule has 1 amide bonds. The fourth-order valence-corrected chi connectivity index (χ4v) is 6.00. The van der Waals surface area contributed by atoms with Gasteiger partial charge in [0.25, 0.3) is 5.91 Å². The summed E-state index contributed by atoms with van der Waals surface area (Å²) >= 11 is 0. The molecule has 1 N–H and O–H groups in total. The Morgan fingerprint density at radius 1 is 1.03 bits per heavy atom. The minimum Gasteiger partial charge on any atom is -0.338 e. The van der Waals surface area contributed by atoms with Crippen LogP contribution in [0.25, 0.3) is 0 Å². The van der Waals surface area contributed by atoms with Crippen LogP contribution < -0.4 is 5.56 Å². The second-order valence-electron chi connectivity index (χ2n) is 8.06. The quantitative estimate of drug-likeness (QED) is 0.729. The van der Waals surface area contributed by atoms with Gasteiger partial charge in [0.15, 0.2) is 0 Å². The molecule has 2 heterocycles. The van der Waals surface area contributed by atoms with E-state index < -0.39 is 27.8 Å². The lowest BCUT2D eigenvalue weighted by Gasteiger charge is -2.38. The van der Waals surface area contributed by atoms with Gasteiger partial charge in [0, 0.05) is 37.4 Å². The highest BCUT2D eigenvalue weighted by Gasteiger charge is 2.44. The molecule has 7 nitrogen and oxygen atoms in total. The Morgan fingerprint density at radius 3 is 2.25 bits per heavy atom. The van der Waals surface area contributed by atoms with Gasteiger partial charge in [0.1, 0.15) is 0 Å². The summed E-state index contributed by atoms with van der Waals surface area (Å²) in [5.74, 6) is -0.265. The standard InChI is InChI=1S/C21H22F3N3O4S/c22-21(23,24)15-2-1-3-18(12-15)32(30,31)27(16-5-6-16)17-8-10-26(11-9-17)20(29)14-4-7-19(28)25-13-14/h1-4,7,12-13,16-17H,5-6,8-11H2,(H,25,28). The van der Waals surface area contributed by atoms with Gasteiger partial charge < -0.3 is 9.88 Å². The highest BCUT2D eigenvalue weighted by molar-refractivity contribution is 7.89. The van der Waals surface area contributed by atoms with Gasteiger partial charge in [-0.25, -0.2) is 8.42 Å². The van der Waals surface area contributed by atoms with Crippen molar-refractivity contribution in [2.24, 2.45) is 0 Å². The Kier molecular flexibility index (Phi) is 5.89. The molecule has 0 spiro atoms. The number of carbonyl (C=O) groups is 1. The minimum atomic E-state index is -4.64. The number of alkyl halides is 3. The van der Waals surface area contributed by atoms with E-state index in [-0.39, 0.29) is 22.4 Å². The number of carbonyl (C=O) groups excluding carboxylic acids is 1. The normalized spacial score (nSPS) is 18.2. The van der Waals surface area contributed by atoms with E-state index in [1.165, 1.54) is 28.7 Å². The van der Waals surface area contributed by atoms with E-state index in [2.05, 4.69) is 4.98 Å². The maximum atomic E-state index is 13.3. The molecule has 1 aliphatic heterocycles. The fraction of sp³-hybridized carbons (Fsp3) is 0.429. The van der Waals surface area contributed by atoms with Gasteiger partial charge in [0.2, 0.25) is 15.6 Å². The van der Waals surface area contributed by atoms with Crippen LogP contribution in [-0.4, -0.2) is 53.7 Å². The van der Waals surface area contributed by atoms with E-state index in [0.29, 0.717) is 50.4 Å². The Hall–Kier alpha value is -2.66. The van der Waals surface area contributed by atoms with Crippen molar-refractivity contribution in [3.05, 3.63) is 64.1 Å². The molecule has 2 aliphatic rings. The summed E-state index contributed by atoms with van der Waals surface area (Å²) in [6.07, 6.45) is -1.22. The average Bonchev–Trinajstić information content (AvgIpc) is 3.59. The summed E-state index contributed by atoms with van der Waals surface area (Å²) in [5.41, 5.74) is -0.991. The zero-order chi connectivity index (χ0) is 23.1. The van der Waals surface area contributed by atoms with Crippen LogP contribution in [0.2, 0.25) is 0 Å². The molecule has 32 heavy (non-hydrogen) atoms. The number of hydrogen-bond donors (Lipinski definition) is 1. The van der Waals surface area contributed by atoms with Crippen LogP contribution in [0.5, 0.6) is 0 Å². The monoisotopic (exact) mass is 469 g/mol. The Morgan fingerprint density at radius 2 is 1.69 bits per heavy atom. The molecule has 4 rings (SSSR count). The first-order chi connectivity index (χ1) is 15.1. The molecular formula is C21H22F3N3O4S. The number of rotatable bonds is 5. The molecule has 0 radical (unpaired) electrons. The molecule has 2 fully saturated rings. The van der Waals surface area contributed by atoms with E-state index in [1.54, 1.807) is 4.90 Å². The molecule has 172 valence electrons. The lowest BCUT2D eigenvalue weighted by molar-refractivity contribution is -0.137. The zero-order valence-electron chi connectivity index (χ0n) is 17.0. The number of aromatic nitrogens is 1. The number of aromatic amines is 1. The van der Waals surface area contributed by atoms with E-state index in [1.807, 2.05) is 0 Å². The van der Waals surface area contributed by atoms with Crippen molar-refractivity contribution in [3.8, 4) is 0 Å².